The first kappa shape index (κ1) is 18.9. The van der Waals surface area contributed by atoms with E-state index in [9.17, 15) is 0 Å². The molecule has 1 aliphatic heterocycles. The van der Waals surface area contributed by atoms with Crippen LogP contribution < -0.4 is 16.0 Å². The zero-order valence-corrected chi connectivity index (χ0v) is 17.7. The minimum Gasteiger partial charge on any atom is -0.393 e. The minimum absolute atomic E-state index is 0.595. The number of hydrogen-bond donors (Lipinski definition) is 2. The first-order chi connectivity index (χ1) is 13.7. The van der Waals surface area contributed by atoms with Crippen LogP contribution in [0.3, 0.4) is 0 Å². The van der Waals surface area contributed by atoms with Crippen LogP contribution >= 0.6 is 22.6 Å². The maximum Gasteiger partial charge on any atom is 0.159 e. The molecule has 1 aliphatic rings. The Morgan fingerprint density at radius 1 is 0.929 bits per heavy atom. The molecular weight excluding hydrogens is 463 g/mol. The molecule has 3 aromatic rings. The molecule has 2 heterocycles. The lowest BCUT2D eigenvalue weighted by Crippen LogP contribution is -2.46. The fourth-order valence-corrected chi connectivity index (χ4v) is 3.73. The lowest BCUT2D eigenvalue weighted by molar-refractivity contribution is 0.249. The summed E-state index contributed by atoms with van der Waals surface area (Å²) in [5.74, 6) is 1.46. The van der Waals surface area contributed by atoms with Crippen LogP contribution in [0.1, 0.15) is 5.56 Å². The number of halogens is 1. The summed E-state index contributed by atoms with van der Waals surface area (Å²) in [6.07, 6.45) is 1.58. The summed E-state index contributed by atoms with van der Waals surface area (Å²) in [5.41, 5.74) is 9.31. The monoisotopic (exact) mass is 486 g/mol. The molecule has 0 bridgehead atoms. The maximum atomic E-state index is 6.41. The summed E-state index contributed by atoms with van der Waals surface area (Å²) in [5, 5.41) is 3.30. The average molecular weight is 486 g/mol. The van der Waals surface area contributed by atoms with E-state index in [1.165, 1.54) is 9.13 Å². The third-order valence-electron chi connectivity index (χ3n) is 4.89. The highest BCUT2D eigenvalue weighted by Gasteiger charge is 2.21. The van der Waals surface area contributed by atoms with Crippen LogP contribution in [0.25, 0.3) is 0 Å². The highest BCUT2D eigenvalue weighted by atomic mass is 127. The van der Waals surface area contributed by atoms with Gasteiger partial charge >= 0.3 is 0 Å². The third kappa shape index (κ3) is 4.53. The van der Waals surface area contributed by atoms with Crippen molar-refractivity contribution in [3.05, 3.63) is 70.1 Å². The molecule has 1 fully saturated rings. The number of benzene rings is 2. The van der Waals surface area contributed by atoms with Crippen molar-refractivity contribution in [1.82, 2.24) is 14.9 Å². The van der Waals surface area contributed by atoms with Crippen molar-refractivity contribution in [3.63, 3.8) is 0 Å². The molecule has 0 radical (unpaired) electrons. The molecule has 0 saturated carbocycles. The van der Waals surface area contributed by atoms with E-state index in [0.29, 0.717) is 11.5 Å². The van der Waals surface area contributed by atoms with Crippen LogP contribution in [0.2, 0.25) is 0 Å². The van der Waals surface area contributed by atoms with E-state index in [1.807, 2.05) is 24.3 Å². The van der Waals surface area contributed by atoms with Crippen LogP contribution in [0.15, 0.2) is 60.9 Å². The Labute approximate surface area is 178 Å². The van der Waals surface area contributed by atoms with Crippen molar-refractivity contribution in [3.8, 4) is 0 Å². The molecule has 28 heavy (non-hydrogen) atoms. The largest absolute Gasteiger partial charge is 0.393 e. The van der Waals surface area contributed by atoms with Crippen molar-refractivity contribution in [2.45, 2.75) is 6.54 Å². The summed E-state index contributed by atoms with van der Waals surface area (Å²) in [6.45, 7) is 4.75. The van der Waals surface area contributed by atoms with Gasteiger partial charge in [-0.15, -0.1) is 0 Å². The quantitative estimate of drug-likeness (QED) is 0.536. The van der Waals surface area contributed by atoms with Gasteiger partial charge in [0.05, 0.1) is 0 Å². The number of aromatic nitrogens is 2. The van der Waals surface area contributed by atoms with Crippen LogP contribution in [-0.2, 0) is 6.54 Å². The first-order valence-corrected chi connectivity index (χ1v) is 10.4. The van der Waals surface area contributed by atoms with Crippen molar-refractivity contribution in [2.75, 3.05) is 42.1 Å². The van der Waals surface area contributed by atoms with Crippen LogP contribution in [0, 0.1) is 3.57 Å². The predicted molar refractivity (Wildman–Crippen MR) is 123 cm³/mol. The molecule has 0 amide bonds. The van der Waals surface area contributed by atoms with E-state index in [1.54, 1.807) is 6.33 Å². The number of nitrogen functional groups attached to an aromatic ring is 1. The van der Waals surface area contributed by atoms with Gasteiger partial charge in [-0.3, -0.25) is 4.90 Å². The molecule has 4 rings (SSSR count). The van der Waals surface area contributed by atoms with E-state index in [2.05, 4.69) is 78.0 Å². The molecule has 6 nitrogen and oxygen atoms in total. The smallest absolute Gasteiger partial charge is 0.159 e. The second-order valence-electron chi connectivity index (χ2n) is 6.84. The number of nitrogens with zero attached hydrogens (tertiary/aromatic N) is 4. The van der Waals surface area contributed by atoms with E-state index >= 15 is 0 Å². The van der Waals surface area contributed by atoms with Gasteiger partial charge in [0.2, 0.25) is 0 Å². The Morgan fingerprint density at radius 2 is 1.64 bits per heavy atom. The van der Waals surface area contributed by atoms with Gasteiger partial charge in [-0.25, -0.2) is 9.97 Å². The Hall–Kier alpha value is -2.39. The Kier molecular flexibility index (Phi) is 5.92. The van der Waals surface area contributed by atoms with Gasteiger partial charge in [0.25, 0.3) is 0 Å². The highest BCUT2D eigenvalue weighted by Crippen LogP contribution is 2.29. The zero-order valence-electron chi connectivity index (χ0n) is 15.6. The number of piperazine rings is 1. The Balaban J connectivity index is 1.41. The molecule has 1 aromatic heterocycles. The molecule has 3 N–H and O–H groups in total. The molecule has 144 valence electrons. The maximum absolute atomic E-state index is 6.41. The summed E-state index contributed by atoms with van der Waals surface area (Å²) < 4.78 is 1.19. The van der Waals surface area contributed by atoms with Crippen molar-refractivity contribution in [1.29, 1.82) is 0 Å². The third-order valence-corrected chi connectivity index (χ3v) is 5.61. The first-order valence-electron chi connectivity index (χ1n) is 9.33. The Bertz CT molecular complexity index is 908. The molecule has 2 aromatic carbocycles. The van der Waals surface area contributed by atoms with Gasteiger partial charge in [-0.1, -0.05) is 30.3 Å². The fraction of sp³-hybridized carbons (Fsp3) is 0.238. The summed E-state index contributed by atoms with van der Waals surface area (Å²) >= 11 is 2.29. The number of nitrogens with two attached hydrogens (primary N) is 1. The van der Waals surface area contributed by atoms with Crippen molar-refractivity contribution >= 4 is 45.6 Å². The normalized spacial score (nSPS) is 14.8. The van der Waals surface area contributed by atoms with E-state index in [-0.39, 0.29) is 0 Å². The van der Waals surface area contributed by atoms with Crippen LogP contribution in [0.4, 0.5) is 23.0 Å². The summed E-state index contributed by atoms with van der Waals surface area (Å²) in [4.78, 5) is 13.5. The fourth-order valence-electron chi connectivity index (χ4n) is 3.37. The van der Waals surface area contributed by atoms with Crippen LogP contribution in [-0.4, -0.2) is 41.0 Å². The number of hydrogen-bond acceptors (Lipinski definition) is 6. The highest BCUT2D eigenvalue weighted by molar-refractivity contribution is 14.1. The topological polar surface area (TPSA) is 70.3 Å². The van der Waals surface area contributed by atoms with Gasteiger partial charge in [-0.2, -0.15) is 0 Å². The second-order valence-corrected chi connectivity index (χ2v) is 8.09. The summed E-state index contributed by atoms with van der Waals surface area (Å²) in [7, 11) is 0. The van der Waals surface area contributed by atoms with Gasteiger partial charge in [-0.05, 0) is 52.4 Å². The van der Waals surface area contributed by atoms with Gasteiger partial charge in [0.1, 0.15) is 12.0 Å². The zero-order chi connectivity index (χ0) is 19.3. The molecular formula is C21H23IN6. The molecule has 0 spiro atoms. The lowest BCUT2D eigenvalue weighted by Gasteiger charge is -2.36. The summed E-state index contributed by atoms with van der Waals surface area (Å²) in [6, 6.07) is 18.7. The van der Waals surface area contributed by atoms with E-state index in [4.69, 9.17) is 5.73 Å². The van der Waals surface area contributed by atoms with Crippen molar-refractivity contribution < 1.29 is 0 Å². The minimum atomic E-state index is 0.595. The van der Waals surface area contributed by atoms with Crippen molar-refractivity contribution in [2.24, 2.45) is 0 Å². The lowest BCUT2D eigenvalue weighted by atomic mass is 10.2. The van der Waals surface area contributed by atoms with Gasteiger partial charge < -0.3 is 16.0 Å². The van der Waals surface area contributed by atoms with Gasteiger partial charge in [0, 0.05) is 42.0 Å². The van der Waals surface area contributed by atoms with E-state index in [0.717, 1.165) is 44.2 Å². The van der Waals surface area contributed by atoms with E-state index < -0.39 is 0 Å². The SMILES string of the molecule is Nc1c(Nc2ccc(I)cc2)ncnc1N1CCN(Cc2ccccc2)CC1. The average Bonchev–Trinajstić information content (AvgIpc) is 2.73. The molecule has 7 heteroatoms. The molecule has 0 unspecified atom stereocenters. The molecule has 0 atom stereocenters. The number of anilines is 4. The van der Waals surface area contributed by atoms with Crippen LogP contribution in [0.5, 0.6) is 0 Å². The number of nitrogens with one attached hydrogen (secondary N) is 1. The second kappa shape index (κ2) is 8.74. The molecule has 0 aliphatic carbocycles. The number of rotatable bonds is 5. The Morgan fingerprint density at radius 3 is 2.36 bits per heavy atom. The van der Waals surface area contributed by atoms with Gasteiger partial charge in [0.15, 0.2) is 11.6 Å². The molecule has 1 saturated heterocycles. The predicted octanol–water partition coefficient (Wildman–Crippen LogP) is 3.73. The standard InChI is InChI=1S/C21H23IN6/c22-17-6-8-18(9-7-17)26-20-19(23)21(25-15-24-20)28-12-10-27(11-13-28)14-16-4-2-1-3-5-16/h1-9,15H,10-14,23H2,(H,24,25,26).